The number of carbonyl (C=O) groups excluding carboxylic acids is 1. The Morgan fingerprint density at radius 3 is 2.44 bits per heavy atom. The van der Waals surface area contributed by atoms with Gasteiger partial charge in [0, 0.05) is 10.0 Å². The van der Waals surface area contributed by atoms with Gasteiger partial charge < -0.3 is 14.2 Å². The molecule has 0 amide bonds. The van der Waals surface area contributed by atoms with E-state index in [9.17, 15) is 4.79 Å². The van der Waals surface area contributed by atoms with Crippen molar-refractivity contribution >= 4 is 49.8 Å². The van der Waals surface area contributed by atoms with Crippen LogP contribution in [0.15, 0.2) is 80.3 Å². The Labute approximate surface area is 203 Å². The lowest BCUT2D eigenvalue weighted by Crippen LogP contribution is -2.05. The molecular weight excluding hydrogens is 538 g/mol. The summed E-state index contributed by atoms with van der Waals surface area (Å²) < 4.78 is 18.6. The summed E-state index contributed by atoms with van der Waals surface area (Å²) in [4.78, 5) is 16.7. The van der Waals surface area contributed by atoms with Crippen LogP contribution in [-0.2, 0) is 16.1 Å². The van der Waals surface area contributed by atoms with Crippen LogP contribution < -0.4 is 9.47 Å². The molecule has 0 aliphatic carbocycles. The van der Waals surface area contributed by atoms with Crippen LogP contribution in [0.1, 0.15) is 22.3 Å². The average molecular weight is 557 g/mol. The van der Waals surface area contributed by atoms with Crippen LogP contribution in [0.4, 0.5) is 0 Å². The highest BCUT2D eigenvalue weighted by Gasteiger charge is 2.24. The second kappa shape index (κ2) is 9.71. The minimum Gasteiger partial charge on any atom is -0.493 e. The second-order valence-electron chi connectivity index (χ2n) is 7.15. The van der Waals surface area contributed by atoms with Crippen LogP contribution >= 0.6 is 31.9 Å². The number of esters is 1. The molecule has 3 aromatic carbocycles. The fourth-order valence-corrected chi connectivity index (χ4v) is 3.92. The standard InChI is InChI=1S/C25H19Br2NO4/c1-15-3-7-18(8-4-15)24-28-21(25(29)32-24)12-17-11-20(27)23(22(13-17)30-2)31-14-16-5-9-19(26)10-6-16/h3-13H,14H2,1-2H3/b21-12-. The first-order chi connectivity index (χ1) is 15.4. The van der Waals surface area contributed by atoms with Crippen LogP contribution in [0.25, 0.3) is 6.08 Å². The maximum atomic E-state index is 12.3. The molecule has 0 fully saturated rings. The molecule has 3 aromatic rings. The van der Waals surface area contributed by atoms with E-state index in [0.717, 1.165) is 26.7 Å². The molecule has 0 N–H and O–H groups in total. The lowest BCUT2D eigenvalue weighted by molar-refractivity contribution is -0.129. The first-order valence-electron chi connectivity index (χ1n) is 9.77. The summed E-state index contributed by atoms with van der Waals surface area (Å²) >= 11 is 6.98. The van der Waals surface area contributed by atoms with Gasteiger partial charge in [-0.15, -0.1) is 0 Å². The minimum absolute atomic E-state index is 0.220. The first-order valence-corrected chi connectivity index (χ1v) is 11.4. The van der Waals surface area contributed by atoms with Crippen molar-refractivity contribution in [2.75, 3.05) is 7.11 Å². The minimum atomic E-state index is -0.494. The number of ether oxygens (including phenoxy) is 3. The molecule has 1 aliphatic heterocycles. The highest BCUT2D eigenvalue weighted by molar-refractivity contribution is 9.10. The Kier molecular flexibility index (Phi) is 6.77. The topological polar surface area (TPSA) is 57.1 Å². The van der Waals surface area contributed by atoms with Crippen LogP contribution in [0.2, 0.25) is 0 Å². The highest BCUT2D eigenvalue weighted by Crippen LogP contribution is 2.38. The van der Waals surface area contributed by atoms with Crippen molar-refractivity contribution in [3.8, 4) is 11.5 Å². The lowest BCUT2D eigenvalue weighted by atomic mass is 10.1. The van der Waals surface area contributed by atoms with Gasteiger partial charge in [-0.3, -0.25) is 0 Å². The molecule has 32 heavy (non-hydrogen) atoms. The molecule has 4 rings (SSSR count). The monoisotopic (exact) mass is 555 g/mol. The maximum Gasteiger partial charge on any atom is 0.363 e. The van der Waals surface area contributed by atoms with Crippen LogP contribution in [0.5, 0.6) is 11.5 Å². The number of rotatable bonds is 6. The van der Waals surface area contributed by atoms with Crippen molar-refractivity contribution in [3.05, 3.63) is 97.6 Å². The second-order valence-corrected chi connectivity index (χ2v) is 8.92. The summed E-state index contributed by atoms with van der Waals surface area (Å²) in [6.07, 6.45) is 1.66. The number of aliphatic imine (C=N–C) groups is 1. The maximum absolute atomic E-state index is 12.3. The SMILES string of the molecule is COc1cc(/C=C2\N=C(c3ccc(C)cc3)OC2=O)cc(Br)c1OCc1ccc(Br)cc1. The predicted molar refractivity (Wildman–Crippen MR) is 131 cm³/mol. The van der Waals surface area contributed by atoms with Crippen molar-refractivity contribution < 1.29 is 19.0 Å². The lowest BCUT2D eigenvalue weighted by Gasteiger charge is -2.14. The average Bonchev–Trinajstić information content (AvgIpc) is 3.14. The van der Waals surface area contributed by atoms with E-state index in [-0.39, 0.29) is 5.70 Å². The molecular formula is C25H19Br2NO4. The highest BCUT2D eigenvalue weighted by atomic mass is 79.9. The van der Waals surface area contributed by atoms with Gasteiger partial charge in [-0.05, 0) is 76.5 Å². The summed E-state index contributed by atoms with van der Waals surface area (Å²) in [6.45, 7) is 2.38. The van der Waals surface area contributed by atoms with Gasteiger partial charge >= 0.3 is 5.97 Å². The number of benzene rings is 3. The summed E-state index contributed by atoms with van der Waals surface area (Å²) in [5.41, 5.74) is 3.85. The number of methoxy groups -OCH3 is 1. The first kappa shape index (κ1) is 22.3. The molecule has 0 spiro atoms. The van der Waals surface area contributed by atoms with E-state index < -0.39 is 5.97 Å². The zero-order chi connectivity index (χ0) is 22.7. The smallest absolute Gasteiger partial charge is 0.363 e. The Morgan fingerprint density at radius 1 is 1.03 bits per heavy atom. The molecule has 1 heterocycles. The molecule has 162 valence electrons. The van der Waals surface area contributed by atoms with E-state index in [1.165, 1.54) is 0 Å². The van der Waals surface area contributed by atoms with E-state index in [4.69, 9.17) is 14.2 Å². The van der Waals surface area contributed by atoms with Crippen molar-refractivity contribution in [2.45, 2.75) is 13.5 Å². The van der Waals surface area contributed by atoms with Gasteiger partial charge in [0.1, 0.15) is 6.61 Å². The van der Waals surface area contributed by atoms with Gasteiger partial charge in [0.2, 0.25) is 5.90 Å². The van der Waals surface area contributed by atoms with Gasteiger partial charge in [-0.25, -0.2) is 9.79 Å². The number of carbonyl (C=O) groups is 1. The molecule has 0 aromatic heterocycles. The Morgan fingerprint density at radius 2 is 1.75 bits per heavy atom. The molecule has 5 nitrogen and oxygen atoms in total. The van der Waals surface area contributed by atoms with Crippen LogP contribution in [0, 0.1) is 6.92 Å². The molecule has 0 bridgehead atoms. The zero-order valence-electron chi connectivity index (χ0n) is 17.4. The molecule has 0 radical (unpaired) electrons. The zero-order valence-corrected chi connectivity index (χ0v) is 20.6. The third-order valence-electron chi connectivity index (χ3n) is 4.77. The number of nitrogens with zero attached hydrogens (tertiary/aromatic N) is 1. The van der Waals surface area contributed by atoms with E-state index in [1.807, 2.05) is 61.5 Å². The fraction of sp³-hybridized carbons (Fsp3) is 0.120. The van der Waals surface area contributed by atoms with E-state index >= 15 is 0 Å². The third kappa shape index (κ3) is 5.11. The van der Waals surface area contributed by atoms with Crippen LogP contribution in [-0.4, -0.2) is 19.0 Å². The van der Waals surface area contributed by atoms with Gasteiger partial charge in [-0.2, -0.15) is 0 Å². The largest absolute Gasteiger partial charge is 0.493 e. The molecule has 1 aliphatic rings. The number of hydrogen-bond acceptors (Lipinski definition) is 5. The molecule has 0 saturated heterocycles. The fourth-order valence-electron chi connectivity index (χ4n) is 3.09. The van der Waals surface area contributed by atoms with E-state index in [2.05, 4.69) is 36.9 Å². The van der Waals surface area contributed by atoms with E-state index in [0.29, 0.717) is 28.5 Å². The normalized spacial score (nSPS) is 14.3. The molecule has 0 atom stereocenters. The van der Waals surface area contributed by atoms with Crippen LogP contribution in [0.3, 0.4) is 0 Å². The summed E-state index contributed by atoms with van der Waals surface area (Å²) in [5, 5.41) is 0. The van der Waals surface area contributed by atoms with Gasteiger partial charge in [-0.1, -0.05) is 45.8 Å². The number of halogens is 2. The number of hydrogen-bond donors (Lipinski definition) is 0. The predicted octanol–water partition coefficient (Wildman–Crippen LogP) is 6.45. The summed E-state index contributed by atoms with van der Waals surface area (Å²) in [7, 11) is 1.57. The molecule has 0 saturated carbocycles. The number of aryl methyl sites for hydroxylation is 1. The Hall–Kier alpha value is -2.90. The quantitative estimate of drug-likeness (QED) is 0.258. The Balaban J connectivity index is 1.58. The van der Waals surface area contributed by atoms with Gasteiger partial charge in [0.25, 0.3) is 0 Å². The summed E-state index contributed by atoms with van der Waals surface area (Å²) in [5.74, 6) is 0.917. The number of cyclic esters (lactones) is 1. The van der Waals surface area contributed by atoms with E-state index in [1.54, 1.807) is 19.3 Å². The van der Waals surface area contributed by atoms with Crippen molar-refractivity contribution in [3.63, 3.8) is 0 Å². The van der Waals surface area contributed by atoms with Gasteiger partial charge in [0.15, 0.2) is 17.2 Å². The van der Waals surface area contributed by atoms with Crippen molar-refractivity contribution in [1.29, 1.82) is 0 Å². The molecule has 7 heteroatoms. The third-order valence-corrected chi connectivity index (χ3v) is 5.89. The van der Waals surface area contributed by atoms with Crippen molar-refractivity contribution in [2.24, 2.45) is 4.99 Å². The molecule has 0 unspecified atom stereocenters. The Bertz CT molecular complexity index is 1220. The summed E-state index contributed by atoms with van der Waals surface area (Å²) in [6, 6.07) is 19.2. The van der Waals surface area contributed by atoms with Gasteiger partial charge in [0.05, 0.1) is 11.6 Å². The van der Waals surface area contributed by atoms with Crippen molar-refractivity contribution in [1.82, 2.24) is 0 Å².